The second-order valence-electron chi connectivity index (χ2n) is 2.67. The Morgan fingerprint density at radius 3 is 3.00 bits per heavy atom. The first-order valence-electron chi connectivity index (χ1n) is 3.76. The number of oxazole rings is 1. The van der Waals surface area contributed by atoms with E-state index < -0.39 is 5.97 Å². The van der Waals surface area contributed by atoms with E-state index in [0.717, 1.165) is 0 Å². The van der Waals surface area contributed by atoms with Crippen LogP contribution in [0.5, 0.6) is 0 Å². The van der Waals surface area contributed by atoms with Crippen LogP contribution in [-0.4, -0.2) is 11.0 Å². The number of nitrogens with zero attached hydrogens (tertiary/aromatic N) is 1. The van der Waals surface area contributed by atoms with E-state index in [-0.39, 0.29) is 11.1 Å². The zero-order chi connectivity index (χ0) is 9.42. The van der Waals surface area contributed by atoms with Gasteiger partial charge in [0.2, 0.25) is 0 Å². The number of aryl methyl sites for hydroxylation is 1. The summed E-state index contributed by atoms with van der Waals surface area (Å²) in [6, 6.07) is 4.73. The summed E-state index contributed by atoms with van der Waals surface area (Å²) in [5, 5.41) is 10.6. The van der Waals surface area contributed by atoms with Gasteiger partial charge in [-0.05, 0) is 12.1 Å². The molecule has 4 heteroatoms. The van der Waals surface area contributed by atoms with Crippen molar-refractivity contribution in [1.29, 1.82) is 0 Å². The molecule has 4 nitrogen and oxygen atoms in total. The number of hydrogen-bond donors (Lipinski definition) is 0. The Morgan fingerprint density at radius 2 is 2.31 bits per heavy atom. The lowest BCUT2D eigenvalue weighted by Gasteiger charge is -2.00. The van der Waals surface area contributed by atoms with Gasteiger partial charge >= 0.3 is 0 Å². The van der Waals surface area contributed by atoms with Gasteiger partial charge in [0.05, 0.1) is 5.97 Å². The summed E-state index contributed by atoms with van der Waals surface area (Å²) in [4.78, 5) is 14.6. The normalized spacial score (nSPS) is 10.5. The van der Waals surface area contributed by atoms with Crippen LogP contribution < -0.4 is 5.11 Å². The lowest BCUT2D eigenvalue weighted by Crippen LogP contribution is -2.22. The van der Waals surface area contributed by atoms with E-state index in [1.807, 2.05) is 0 Å². The van der Waals surface area contributed by atoms with Gasteiger partial charge < -0.3 is 14.3 Å². The first-order chi connectivity index (χ1) is 6.18. The quantitative estimate of drug-likeness (QED) is 0.634. The highest BCUT2D eigenvalue weighted by Gasteiger charge is 2.07. The summed E-state index contributed by atoms with van der Waals surface area (Å²) in [7, 11) is 0. The highest BCUT2D eigenvalue weighted by Crippen LogP contribution is 2.18. The number of carbonyl (C=O) groups excluding carboxylic acids is 1. The lowest BCUT2D eigenvalue weighted by atomic mass is 10.2. The van der Waals surface area contributed by atoms with Crippen molar-refractivity contribution in [2.75, 3.05) is 0 Å². The maximum Gasteiger partial charge on any atom is 0.192 e. The third-order valence-electron chi connectivity index (χ3n) is 1.74. The monoisotopic (exact) mass is 176 g/mol. The number of aromatic nitrogens is 1. The Hall–Kier alpha value is -1.84. The molecule has 13 heavy (non-hydrogen) atoms. The molecular weight excluding hydrogens is 170 g/mol. The van der Waals surface area contributed by atoms with E-state index in [9.17, 15) is 9.90 Å². The second kappa shape index (κ2) is 2.58. The molecule has 0 N–H and O–H groups in total. The van der Waals surface area contributed by atoms with Crippen LogP contribution >= 0.6 is 0 Å². The summed E-state index contributed by atoms with van der Waals surface area (Å²) in [5.74, 6) is -0.801. The zero-order valence-electron chi connectivity index (χ0n) is 6.90. The molecule has 66 valence electrons. The Morgan fingerprint density at radius 1 is 1.54 bits per heavy atom. The Kier molecular flexibility index (Phi) is 1.55. The van der Waals surface area contributed by atoms with Crippen LogP contribution in [-0.2, 0) is 0 Å². The largest absolute Gasteiger partial charge is 0.545 e. The number of para-hydroxylation sites is 1. The third kappa shape index (κ3) is 1.16. The highest BCUT2D eigenvalue weighted by molar-refractivity contribution is 5.98. The first-order valence-corrected chi connectivity index (χ1v) is 3.76. The molecular formula is C9H6NO3-. The van der Waals surface area contributed by atoms with Gasteiger partial charge in [-0.3, -0.25) is 0 Å². The minimum Gasteiger partial charge on any atom is -0.545 e. The molecule has 1 heterocycles. The van der Waals surface area contributed by atoms with Crippen LogP contribution in [0.1, 0.15) is 16.2 Å². The van der Waals surface area contributed by atoms with Crippen LogP contribution in [0, 0.1) is 6.92 Å². The average Bonchev–Trinajstić information content (AvgIpc) is 2.43. The molecule has 1 aromatic carbocycles. The predicted molar refractivity (Wildman–Crippen MR) is 43.1 cm³/mol. The van der Waals surface area contributed by atoms with Crippen molar-refractivity contribution in [3.05, 3.63) is 29.7 Å². The Labute approximate surface area is 73.8 Å². The molecule has 2 aromatic rings. The van der Waals surface area contributed by atoms with Crippen molar-refractivity contribution in [3.8, 4) is 0 Å². The smallest absolute Gasteiger partial charge is 0.192 e. The fourth-order valence-electron chi connectivity index (χ4n) is 1.22. The summed E-state index contributed by atoms with van der Waals surface area (Å²) in [6.07, 6.45) is 0. The molecule has 0 aliphatic rings. The molecule has 2 rings (SSSR count). The summed E-state index contributed by atoms with van der Waals surface area (Å²) in [5.41, 5.74) is 0.859. The van der Waals surface area contributed by atoms with Crippen molar-refractivity contribution in [2.45, 2.75) is 6.92 Å². The van der Waals surface area contributed by atoms with E-state index in [1.54, 1.807) is 19.1 Å². The van der Waals surface area contributed by atoms with Gasteiger partial charge in [0.15, 0.2) is 11.5 Å². The van der Waals surface area contributed by atoms with E-state index in [4.69, 9.17) is 4.42 Å². The van der Waals surface area contributed by atoms with Gasteiger partial charge in [-0.1, -0.05) is 6.07 Å². The number of carboxylic acid groups (broad SMARTS) is 1. The van der Waals surface area contributed by atoms with E-state index >= 15 is 0 Å². The zero-order valence-corrected chi connectivity index (χ0v) is 6.90. The molecule has 0 atom stereocenters. The maximum absolute atomic E-state index is 10.6. The predicted octanol–water partition coefficient (Wildman–Crippen LogP) is 0.500. The van der Waals surface area contributed by atoms with Gasteiger partial charge in [0, 0.05) is 12.5 Å². The van der Waals surface area contributed by atoms with Crippen LogP contribution in [0.15, 0.2) is 22.6 Å². The van der Waals surface area contributed by atoms with Crippen LogP contribution in [0.2, 0.25) is 0 Å². The minimum absolute atomic E-state index is 0.0399. The second-order valence-corrected chi connectivity index (χ2v) is 2.67. The first kappa shape index (κ1) is 7.79. The van der Waals surface area contributed by atoms with Crippen molar-refractivity contribution in [3.63, 3.8) is 0 Å². The fraction of sp³-hybridized carbons (Fsp3) is 0.111. The number of carbonyl (C=O) groups is 1. The van der Waals surface area contributed by atoms with E-state index in [0.29, 0.717) is 11.4 Å². The average molecular weight is 176 g/mol. The van der Waals surface area contributed by atoms with Gasteiger partial charge in [0.25, 0.3) is 0 Å². The standard InChI is InChI=1S/C9H7NO3/c1-5-10-7-4-2-3-6(9(11)12)8(7)13-5/h2-4H,1H3,(H,11,12)/p-1. The lowest BCUT2D eigenvalue weighted by molar-refractivity contribution is -0.254. The third-order valence-corrected chi connectivity index (χ3v) is 1.74. The number of hydrogen-bond acceptors (Lipinski definition) is 4. The van der Waals surface area contributed by atoms with Crippen LogP contribution in [0.3, 0.4) is 0 Å². The molecule has 0 fully saturated rings. The van der Waals surface area contributed by atoms with Crippen molar-refractivity contribution in [2.24, 2.45) is 0 Å². The molecule has 1 aromatic heterocycles. The van der Waals surface area contributed by atoms with Crippen molar-refractivity contribution < 1.29 is 14.3 Å². The number of aromatic carboxylic acids is 1. The molecule has 0 saturated heterocycles. The summed E-state index contributed by atoms with van der Waals surface area (Å²) in [6.45, 7) is 1.67. The van der Waals surface area contributed by atoms with Crippen LogP contribution in [0.4, 0.5) is 0 Å². The molecule has 0 saturated carbocycles. The van der Waals surface area contributed by atoms with Gasteiger partial charge in [0.1, 0.15) is 5.52 Å². The van der Waals surface area contributed by atoms with Gasteiger partial charge in [-0.2, -0.15) is 0 Å². The molecule has 0 unspecified atom stereocenters. The van der Waals surface area contributed by atoms with Crippen LogP contribution in [0.25, 0.3) is 11.1 Å². The number of benzene rings is 1. The molecule has 0 amide bonds. The minimum atomic E-state index is -1.25. The SMILES string of the molecule is Cc1nc2cccc(C(=O)[O-])c2o1. The topological polar surface area (TPSA) is 66.2 Å². The number of rotatable bonds is 1. The van der Waals surface area contributed by atoms with Crippen molar-refractivity contribution in [1.82, 2.24) is 4.98 Å². The maximum atomic E-state index is 10.6. The van der Waals surface area contributed by atoms with Crippen molar-refractivity contribution >= 4 is 17.1 Å². The Bertz CT molecular complexity index is 473. The molecule has 0 bridgehead atoms. The van der Waals surface area contributed by atoms with E-state index in [2.05, 4.69) is 4.98 Å². The Balaban J connectivity index is 2.82. The molecule has 0 radical (unpaired) electrons. The molecule has 0 spiro atoms. The summed E-state index contributed by atoms with van der Waals surface area (Å²) < 4.78 is 5.13. The summed E-state index contributed by atoms with van der Waals surface area (Å²) >= 11 is 0. The van der Waals surface area contributed by atoms with Gasteiger partial charge in [-0.25, -0.2) is 4.98 Å². The highest BCUT2D eigenvalue weighted by atomic mass is 16.4. The fourth-order valence-corrected chi connectivity index (χ4v) is 1.22. The molecule has 0 aliphatic heterocycles. The number of carboxylic acids is 1. The van der Waals surface area contributed by atoms with E-state index in [1.165, 1.54) is 6.07 Å². The van der Waals surface area contributed by atoms with Gasteiger partial charge in [-0.15, -0.1) is 0 Å². The molecule has 0 aliphatic carbocycles. The number of fused-ring (bicyclic) bond motifs is 1.